The largest absolute Gasteiger partial charge is 0.496 e. The van der Waals surface area contributed by atoms with E-state index in [0.717, 1.165) is 21.1 Å². The fraction of sp³-hybridized carbons (Fsp3) is 0.200. The second-order valence-electron chi connectivity index (χ2n) is 4.08. The van der Waals surface area contributed by atoms with Gasteiger partial charge in [-0.05, 0) is 42.9 Å². The molecule has 0 bridgehead atoms. The predicted molar refractivity (Wildman–Crippen MR) is 76.3 cm³/mol. The van der Waals surface area contributed by atoms with Crippen LogP contribution >= 0.6 is 11.8 Å². The number of hydrogen-bond acceptors (Lipinski definition) is 3. The van der Waals surface area contributed by atoms with Crippen LogP contribution in [0.3, 0.4) is 0 Å². The van der Waals surface area contributed by atoms with Crippen LogP contribution in [-0.2, 0) is 6.54 Å². The second kappa shape index (κ2) is 6.59. The molecule has 0 amide bonds. The summed E-state index contributed by atoms with van der Waals surface area (Å²) in [5.74, 6) is 0.581. The van der Waals surface area contributed by atoms with Crippen LogP contribution in [0.1, 0.15) is 5.56 Å². The van der Waals surface area contributed by atoms with Crippen LogP contribution in [0.25, 0.3) is 0 Å². The average Bonchev–Trinajstić information content (AvgIpc) is 2.39. The van der Waals surface area contributed by atoms with Crippen LogP contribution in [0.15, 0.2) is 52.3 Å². The zero-order valence-corrected chi connectivity index (χ0v) is 11.8. The Bertz CT molecular complexity index is 560. The van der Waals surface area contributed by atoms with Crippen LogP contribution in [-0.4, -0.2) is 14.2 Å². The van der Waals surface area contributed by atoms with E-state index in [1.807, 2.05) is 37.4 Å². The minimum atomic E-state index is -0.217. The smallest absolute Gasteiger partial charge is 0.132 e. The van der Waals surface area contributed by atoms with E-state index >= 15 is 0 Å². The van der Waals surface area contributed by atoms with E-state index in [1.54, 1.807) is 13.2 Å². The molecule has 0 aliphatic carbocycles. The molecule has 0 atom stereocenters. The minimum absolute atomic E-state index is 0.217. The Labute approximate surface area is 117 Å². The lowest BCUT2D eigenvalue weighted by atomic mass is 10.2. The molecule has 0 heterocycles. The molecule has 0 unspecified atom stereocenters. The van der Waals surface area contributed by atoms with Crippen molar-refractivity contribution in [1.82, 2.24) is 5.32 Å². The van der Waals surface area contributed by atoms with Gasteiger partial charge in [-0.15, -0.1) is 0 Å². The summed E-state index contributed by atoms with van der Waals surface area (Å²) in [4.78, 5) is 1.85. The Morgan fingerprint density at radius 2 is 2.00 bits per heavy atom. The van der Waals surface area contributed by atoms with Gasteiger partial charge < -0.3 is 10.1 Å². The Kier molecular flexibility index (Phi) is 4.82. The van der Waals surface area contributed by atoms with Gasteiger partial charge in [-0.3, -0.25) is 0 Å². The van der Waals surface area contributed by atoms with Gasteiger partial charge >= 0.3 is 0 Å². The molecule has 0 saturated carbocycles. The maximum absolute atomic E-state index is 13.6. The van der Waals surface area contributed by atoms with Crippen molar-refractivity contribution in [2.45, 2.75) is 16.3 Å². The molecule has 2 aromatic carbocycles. The molecule has 2 nitrogen and oxygen atoms in total. The molecule has 2 aromatic rings. The maximum atomic E-state index is 13.6. The van der Waals surface area contributed by atoms with Crippen molar-refractivity contribution in [3.8, 4) is 5.75 Å². The van der Waals surface area contributed by atoms with E-state index < -0.39 is 0 Å². The number of halogens is 1. The number of rotatable bonds is 5. The van der Waals surface area contributed by atoms with E-state index in [9.17, 15) is 4.39 Å². The summed E-state index contributed by atoms with van der Waals surface area (Å²) in [6, 6.07) is 12.8. The van der Waals surface area contributed by atoms with Gasteiger partial charge in [-0.2, -0.15) is 0 Å². The third kappa shape index (κ3) is 3.72. The van der Waals surface area contributed by atoms with Crippen LogP contribution in [0.4, 0.5) is 4.39 Å². The van der Waals surface area contributed by atoms with Gasteiger partial charge in [-0.1, -0.05) is 23.9 Å². The zero-order valence-electron chi connectivity index (χ0n) is 10.9. The first kappa shape index (κ1) is 13.9. The Balaban J connectivity index is 2.27. The molecule has 2 rings (SSSR count). The molecule has 0 spiro atoms. The summed E-state index contributed by atoms with van der Waals surface area (Å²) in [5.41, 5.74) is 0.930. The van der Waals surface area contributed by atoms with E-state index in [4.69, 9.17) is 4.74 Å². The van der Waals surface area contributed by atoms with Gasteiger partial charge in [0.15, 0.2) is 0 Å². The summed E-state index contributed by atoms with van der Waals surface area (Å²) in [5, 5.41) is 3.02. The fourth-order valence-corrected chi connectivity index (χ4v) is 2.85. The molecular weight excluding hydrogens is 261 g/mol. The highest BCUT2D eigenvalue weighted by Gasteiger charge is 2.06. The van der Waals surface area contributed by atoms with Crippen LogP contribution in [0.5, 0.6) is 5.75 Å². The van der Waals surface area contributed by atoms with Gasteiger partial charge in [-0.25, -0.2) is 4.39 Å². The summed E-state index contributed by atoms with van der Waals surface area (Å²) in [6.45, 7) is 0.650. The van der Waals surface area contributed by atoms with Crippen molar-refractivity contribution in [1.29, 1.82) is 0 Å². The molecular formula is C15H16FNOS. The Morgan fingerprint density at radius 3 is 2.74 bits per heavy atom. The summed E-state index contributed by atoms with van der Waals surface area (Å²) < 4.78 is 18.9. The van der Waals surface area contributed by atoms with Gasteiger partial charge in [0.2, 0.25) is 0 Å². The lowest BCUT2D eigenvalue weighted by Gasteiger charge is -2.09. The standard InChI is InChI=1S/C15H16FNOS/c1-17-10-11-7-12(16)9-13(8-11)19-15-6-4-3-5-14(15)18-2/h3-9,17H,10H2,1-2H3. The normalized spacial score (nSPS) is 10.5. The van der Waals surface area contributed by atoms with E-state index in [0.29, 0.717) is 6.54 Å². The van der Waals surface area contributed by atoms with Gasteiger partial charge in [0.25, 0.3) is 0 Å². The summed E-state index contributed by atoms with van der Waals surface area (Å²) in [7, 11) is 3.48. The highest BCUT2D eigenvalue weighted by molar-refractivity contribution is 7.99. The quantitative estimate of drug-likeness (QED) is 0.900. The van der Waals surface area contributed by atoms with Crippen molar-refractivity contribution < 1.29 is 9.13 Å². The number of methoxy groups -OCH3 is 1. The van der Waals surface area contributed by atoms with E-state index in [2.05, 4.69) is 5.32 Å². The molecule has 0 radical (unpaired) electrons. The number of nitrogens with one attached hydrogen (secondary N) is 1. The molecule has 19 heavy (non-hydrogen) atoms. The number of ether oxygens (including phenoxy) is 1. The zero-order chi connectivity index (χ0) is 13.7. The van der Waals surface area contributed by atoms with Crippen molar-refractivity contribution >= 4 is 11.8 Å². The van der Waals surface area contributed by atoms with Crippen molar-refractivity contribution in [3.05, 3.63) is 53.8 Å². The number of benzene rings is 2. The van der Waals surface area contributed by atoms with Gasteiger partial charge in [0.05, 0.1) is 12.0 Å². The van der Waals surface area contributed by atoms with Crippen molar-refractivity contribution in [2.75, 3.05) is 14.2 Å². The van der Waals surface area contributed by atoms with Crippen LogP contribution < -0.4 is 10.1 Å². The highest BCUT2D eigenvalue weighted by atomic mass is 32.2. The molecule has 0 aromatic heterocycles. The second-order valence-corrected chi connectivity index (χ2v) is 5.19. The summed E-state index contributed by atoms with van der Waals surface area (Å²) >= 11 is 1.50. The Hall–Kier alpha value is -1.52. The third-order valence-electron chi connectivity index (χ3n) is 2.61. The molecule has 4 heteroatoms. The highest BCUT2D eigenvalue weighted by Crippen LogP contribution is 2.35. The first-order valence-electron chi connectivity index (χ1n) is 5.98. The van der Waals surface area contributed by atoms with Gasteiger partial charge in [0.1, 0.15) is 11.6 Å². The topological polar surface area (TPSA) is 21.3 Å². The minimum Gasteiger partial charge on any atom is -0.496 e. The number of para-hydroxylation sites is 1. The van der Waals surface area contributed by atoms with Gasteiger partial charge in [0, 0.05) is 11.4 Å². The van der Waals surface area contributed by atoms with E-state index in [1.165, 1.54) is 17.8 Å². The molecule has 0 aliphatic heterocycles. The van der Waals surface area contributed by atoms with Crippen LogP contribution in [0, 0.1) is 5.82 Å². The molecule has 0 saturated heterocycles. The fourth-order valence-electron chi connectivity index (χ4n) is 1.82. The first-order chi connectivity index (χ1) is 9.22. The van der Waals surface area contributed by atoms with Crippen molar-refractivity contribution in [3.63, 3.8) is 0 Å². The molecule has 0 fully saturated rings. The average molecular weight is 277 g/mol. The lowest BCUT2D eigenvalue weighted by molar-refractivity contribution is 0.405. The van der Waals surface area contributed by atoms with E-state index in [-0.39, 0.29) is 5.82 Å². The van der Waals surface area contributed by atoms with Crippen LogP contribution in [0.2, 0.25) is 0 Å². The van der Waals surface area contributed by atoms with Crippen molar-refractivity contribution in [2.24, 2.45) is 0 Å². The summed E-state index contributed by atoms with van der Waals surface area (Å²) in [6.07, 6.45) is 0. The third-order valence-corrected chi connectivity index (χ3v) is 3.64. The molecule has 0 aliphatic rings. The molecule has 1 N–H and O–H groups in total. The first-order valence-corrected chi connectivity index (χ1v) is 6.79. The molecule has 100 valence electrons. The SMILES string of the molecule is CNCc1cc(F)cc(Sc2ccccc2OC)c1. The maximum Gasteiger partial charge on any atom is 0.132 e. The predicted octanol–water partition coefficient (Wildman–Crippen LogP) is 3.70. The monoisotopic (exact) mass is 277 g/mol. The lowest BCUT2D eigenvalue weighted by Crippen LogP contribution is -2.05. The Morgan fingerprint density at radius 1 is 1.21 bits per heavy atom. The number of hydrogen-bond donors (Lipinski definition) is 1.